The van der Waals surface area contributed by atoms with Gasteiger partial charge in [0.1, 0.15) is 26.4 Å². The number of fused-ring (bicyclic) bond motifs is 2. The molecular weight excluding hydrogens is 432 g/mol. The van der Waals surface area contributed by atoms with E-state index in [1.165, 1.54) is 11.1 Å². The molecule has 6 nitrogen and oxygen atoms in total. The first-order chi connectivity index (χ1) is 16.6. The summed E-state index contributed by atoms with van der Waals surface area (Å²) >= 11 is 0. The van der Waals surface area contributed by atoms with Crippen molar-refractivity contribution in [2.75, 3.05) is 52.9 Å². The minimum Gasteiger partial charge on any atom is -0.487 e. The van der Waals surface area contributed by atoms with Crippen LogP contribution in [0, 0.1) is 0 Å². The first-order valence-corrected chi connectivity index (χ1v) is 12.6. The Bertz CT molecular complexity index is 796. The van der Waals surface area contributed by atoms with Gasteiger partial charge in [-0.25, -0.2) is 0 Å². The normalized spacial score (nSPS) is 17.8. The lowest BCUT2D eigenvalue weighted by Gasteiger charge is -2.18. The number of ether oxygens (including phenoxy) is 6. The predicted molar refractivity (Wildman–Crippen MR) is 134 cm³/mol. The minimum absolute atomic E-state index is 0.438. The molecule has 2 unspecified atom stereocenters. The molecule has 34 heavy (non-hydrogen) atoms. The van der Waals surface area contributed by atoms with Crippen molar-refractivity contribution in [1.82, 2.24) is 0 Å². The van der Waals surface area contributed by atoms with E-state index in [2.05, 4.69) is 52.0 Å². The van der Waals surface area contributed by atoms with Crippen LogP contribution in [-0.4, -0.2) is 52.9 Å². The van der Waals surface area contributed by atoms with Crippen molar-refractivity contribution in [3.05, 3.63) is 47.5 Å². The van der Waals surface area contributed by atoms with E-state index in [4.69, 9.17) is 28.4 Å². The van der Waals surface area contributed by atoms with Crippen molar-refractivity contribution in [1.29, 1.82) is 0 Å². The fourth-order valence-corrected chi connectivity index (χ4v) is 3.64. The highest BCUT2D eigenvalue weighted by Crippen LogP contribution is 2.33. The summed E-state index contributed by atoms with van der Waals surface area (Å²) in [5.74, 6) is 3.86. The van der Waals surface area contributed by atoms with Gasteiger partial charge in [0.25, 0.3) is 0 Å². The molecule has 0 spiro atoms. The van der Waals surface area contributed by atoms with Gasteiger partial charge < -0.3 is 28.4 Å². The van der Waals surface area contributed by atoms with Crippen molar-refractivity contribution < 1.29 is 28.4 Å². The molecule has 3 rings (SSSR count). The monoisotopic (exact) mass is 472 g/mol. The van der Waals surface area contributed by atoms with Gasteiger partial charge >= 0.3 is 0 Å². The third-order valence-electron chi connectivity index (χ3n) is 6.24. The van der Waals surface area contributed by atoms with Gasteiger partial charge in [0.2, 0.25) is 0 Å². The van der Waals surface area contributed by atoms with Crippen LogP contribution < -0.4 is 18.9 Å². The van der Waals surface area contributed by atoms with E-state index in [-0.39, 0.29) is 0 Å². The summed E-state index contributed by atoms with van der Waals surface area (Å²) in [4.78, 5) is 0. The zero-order valence-electron chi connectivity index (χ0n) is 21.1. The van der Waals surface area contributed by atoms with E-state index in [9.17, 15) is 0 Å². The van der Waals surface area contributed by atoms with Crippen LogP contribution in [0.3, 0.4) is 0 Å². The van der Waals surface area contributed by atoms with Crippen LogP contribution in [0.25, 0.3) is 0 Å². The molecule has 2 aromatic rings. The Morgan fingerprint density at radius 1 is 0.529 bits per heavy atom. The molecule has 0 fully saturated rings. The first kappa shape index (κ1) is 26.2. The second-order valence-corrected chi connectivity index (χ2v) is 8.65. The van der Waals surface area contributed by atoms with Crippen LogP contribution in [0.15, 0.2) is 36.4 Å². The fraction of sp³-hybridized carbons (Fsp3) is 0.571. The lowest BCUT2D eigenvalue weighted by atomic mass is 9.98. The van der Waals surface area contributed by atoms with Crippen molar-refractivity contribution in [2.24, 2.45) is 0 Å². The molecule has 6 heteroatoms. The molecule has 1 heterocycles. The lowest BCUT2D eigenvalue weighted by Crippen LogP contribution is -2.15. The van der Waals surface area contributed by atoms with Gasteiger partial charge in [-0.1, -0.05) is 39.8 Å². The van der Waals surface area contributed by atoms with E-state index < -0.39 is 0 Å². The molecule has 0 radical (unpaired) electrons. The van der Waals surface area contributed by atoms with Crippen LogP contribution in [-0.2, 0) is 9.47 Å². The van der Waals surface area contributed by atoms with E-state index in [0.717, 1.165) is 35.8 Å². The molecule has 0 bridgehead atoms. The maximum Gasteiger partial charge on any atom is 0.161 e. The third-order valence-corrected chi connectivity index (χ3v) is 6.24. The second-order valence-electron chi connectivity index (χ2n) is 8.65. The molecule has 188 valence electrons. The van der Waals surface area contributed by atoms with E-state index in [1.807, 2.05) is 12.1 Å². The molecular formula is C28H40O6. The molecule has 0 aromatic heterocycles. The standard InChI is InChI=1S/C28H40O6/c1-5-21(3)23-7-9-25-27(19-23)33-17-13-29-12-16-32-26-10-8-24(22(4)6-2)20-28(26)34-18-14-30-11-15-31-25/h7-10,19-22H,5-6,11-18H2,1-4H3. The maximum absolute atomic E-state index is 6.02. The summed E-state index contributed by atoms with van der Waals surface area (Å²) in [7, 11) is 0. The molecule has 0 saturated carbocycles. The lowest BCUT2D eigenvalue weighted by molar-refractivity contribution is 0.0639. The second kappa shape index (κ2) is 14.1. The van der Waals surface area contributed by atoms with Gasteiger partial charge in [-0.3, -0.25) is 0 Å². The smallest absolute Gasteiger partial charge is 0.161 e. The predicted octanol–water partition coefficient (Wildman–Crippen LogP) is 5.98. The Labute approximate surface area is 204 Å². The van der Waals surface area contributed by atoms with Crippen molar-refractivity contribution in [3.8, 4) is 23.0 Å². The van der Waals surface area contributed by atoms with Crippen LogP contribution >= 0.6 is 0 Å². The summed E-state index contributed by atoms with van der Waals surface area (Å²) in [6.07, 6.45) is 2.14. The highest BCUT2D eigenvalue weighted by molar-refractivity contribution is 5.45. The fourth-order valence-electron chi connectivity index (χ4n) is 3.64. The molecule has 2 atom stereocenters. The molecule has 0 N–H and O–H groups in total. The summed E-state index contributed by atoms with van der Waals surface area (Å²) in [5, 5.41) is 0. The zero-order valence-corrected chi connectivity index (χ0v) is 21.1. The Hall–Kier alpha value is -2.44. The van der Waals surface area contributed by atoms with Gasteiger partial charge in [-0.05, 0) is 60.1 Å². The Morgan fingerprint density at radius 3 is 1.24 bits per heavy atom. The maximum atomic E-state index is 6.02. The van der Waals surface area contributed by atoms with Crippen LogP contribution in [0.1, 0.15) is 63.5 Å². The summed E-state index contributed by atoms with van der Waals surface area (Å²) in [6.45, 7) is 12.4. The Kier molecular flexibility index (Phi) is 10.8. The van der Waals surface area contributed by atoms with E-state index >= 15 is 0 Å². The van der Waals surface area contributed by atoms with Gasteiger partial charge in [0, 0.05) is 0 Å². The van der Waals surface area contributed by atoms with Crippen LogP contribution in [0.2, 0.25) is 0 Å². The third kappa shape index (κ3) is 7.81. The minimum atomic E-state index is 0.438. The number of hydrogen-bond donors (Lipinski definition) is 0. The van der Waals surface area contributed by atoms with Crippen molar-refractivity contribution >= 4 is 0 Å². The van der Waals surface area contributed by atoms with Crippen LogP contribution in [0.4, 0.5) is 0 Å². The number of benzene rings is 2. The highest BCUT2D eigenvalue weighted by atomic mass is 16.6. The molecule has 1 aliphatic heterocycles. The summed E-state index contributed by atoms with van der Waals surface area (Å²) in [5.41, 5.74) is 2.48. The SMILES string of the molecule is CCC(C)c1ccc2c(c1)OCCOCCOc1ccc(C(C)CC)cc1OCCOCCO2. The zero-order chi connectivity index (χ0) is 24.2. The highest BCUT2D eigenvalue weighted by Gasteiger charge is 2.13. The number of hydrogen-bond acceptors (Lipinski definition) is 6. The molecule has 0 amide bonds. The topological polar surface area (TPSA) is 55.4 Å². The molecule has 2 aromatic carbocycles. The summed E-state index contributed by atoms with van der Waals surface area (Å²) < 4.78 is 35.4. The Morgan fingerprint density at radius 2 is 0.882 bits per heavy atom. The summed E-state index contributed by atoms with van der Waals surface area (Å²) in [6, 6.07) is 12.3. The largest absolute Gasteiger partial charge is 0.487 e. The van der Waals surface area contributed by atoms with E-state index in [1.54, 1.807) is 0 Å². The van der Waals surface area contributed by atoms with Crippen LogP contribution in [0.5, 0.6) is 23.0 Å². The van der Waals surface area contributed by atoms with Gasteiger partial charge in [-0.2, -0.15) is 0 Å². The average Bonchev–Trinajstić information content (AvgIpc) is 2.87. The quantitative estimate of drug-likeness (QED) is 0.546. The van der Waals surface area contributed by atoms with Crippen molar-refractivity contribution in [3.63, 3.8) is 0 Å². The van der Waals surface area contributed by atoms with E-state index in [0.29, 0.717) is 64.7 Å². The molecule has 0 aliphatic carbocycles. The molecule has 1 aliphatic rings. The van der Waals surface area contributed by atoms with Crippen molar-refractivity contribution in [2.45, 2.75) is 52.4 Å². The number of rotatable bonds is 4. The molecule has 0 saturated heterocycles. The first-order valence-electron chi connectivity index (χ1n) is 12.6. The average molecular weight is 473 g/mol. The van der Waals surface area contributed by atoms with Gasteiger partial charge in [-0.15, -0.1) is 0 Å². The van der Waals surface area contributed by atoms with Gasteiger partial charge in [0.05, 0.1) is 26.4 Å². The Balaban J connectivity index is 1.64. The van der Waals surface area contributed by atoms with Gasteiger partial charge in [0.15, 0.2) is 23.0 Å².